The SMILES string of the molecule is O=C(O)/C=C/c1csc(CN2C(=O)CC[C@@H]2CO)n1. The number of amides is 1. The van der Waals surface area contributed by atoms with Crippen molar-refractivity contribution in [2.45, 2.75) is 25.4 Å². The fraction of sp³-hybridized carbons (Fsp3) is 0.417. The summed E-state index contributed by atoms with van der Waals surface area (Å²) in [7, 11) is 0. The van der Waals surface area contributed by atoms with Crippen LogP contribution in [0.4, 0.5) is 0 Å². The van der Waals surface area contributed by atoms with Crippen LogP contribution in [0.5, 0.6) is 0 Å². The Labute approximate surface area is 114 Å². The minimum atomic E-state index is -1.02. The Morgan fingerprint density at radius 3 is 3.11 bits per heavy atom. The summed E-state index contributed by atoms with van der Waals surface area (Å²) in [6, 6.07) is -0.130. The molecule has 0 unspecified atom stereocenters. The average Bonchev–Trinajstić information content (AvgIpc) is 2.96. The number of thiazole rings is 1. The second-order valence-corrected chi connectivity index (χ2v) is 5.18. The number of aliphatic hydroxyl groups excluding tert-OH is 1. The van der Waals surface area contributed by atoms with E-state index in [9.17, 15) is 14.7 Å². The summed E-state index contributed by atoms with van der Waals surface area (Å²) in [6.45, 7) is 0.332. The van der Waals surface area contributed by atoms with Gasteiger partial charge in [0.15, 0.2) is 0 Å². The zero-order chi connectivity index (χ0) is 13.8. The molecule has 1 fully saturated rings. The molecule has 0 aliphatic carbocycles. The summed E-state index contributed by atoms with van der Waals surface area (Å²) < 4.78 is 0. The predicted molar refractivity (Wildman–Crippen MR) is 69.4 cm³/mol. The van der Waals surface area contributed by atoms with Crippen molar-refractivity contribution in [1.82, 2.24) is 9.88 Å². The number of aromatic nitrogens is 1. The van der Waals surface area contributed by atoms with Crippen LogP contribution in [-0.2, 0) is 16.1 Å². The lowest BCUT2D eigenvalue weighted by atomic mass is 10.2. The van der Waals surface area contributed by atoms with Gasteiger partial charge in [-0.15, -0.1) is 11.3 Å². The third-order valence-corrected chi connectivity index (χ3v) is 3.79. The molecule has 0 bridgehead atoms. The van der Waals surface area contributed by atoms with Crippen LogP contribution in [0.1, 0.15) is 23.5 Å². The van der Waals surface area contributed by atoms with E-state index in [1.54, 1.807) is 10.3 Å². The number of carbonyl (C=O) groups is 2. The molecule has 2 rings (SSSR count). The van der Waals surface area contributed by atoms with Gasteiger partial charge in [0, 0.05) is 17.9 Å². The predicted octanol–water partition coefficient (Wildman–Crippen LogP) is 0.724. The molecule has 1 atom stereocenters. The zero-order valence-corrected chi connectivity index (χ0v) is 11.0. The van der Waals surface area contributed by atoms with Gasteiger partial charge in [-0.05, 0) is 12.5 Å². The number of aliphatic carboxylic acids is 1. The Morgan fingerprint density at radius 2 is 2.42 bits per heavy atom. The molecule has 2 N–H and O–H groups in total. The van der Waals surface area contributed by atoms with Gasteiger partial charge in [0.05, 0.1) is 24.9 Å². The molecule has 0 radical (unpaired) electrons. The quantitative estimate of drug-likeness (QED) is 0.777. The van der Waals surface area contributed by atoms with Gasteiger partial charge in [0.1, 0.15) is 5.01 Å². The maximum Gasteiger partial charge on any atom is 0.328 e. The van der Waals surface area contributed by atoms with Crippen molar-refractivity contribution in [3.05, 3.63) is 22.2 Å². The van der Waals surface area contributed by atoms with Crippen LogP contribution < -0.4 is 0 Å². The maximum atomic E-state index is 11.7. The first-order valence-electron chi connectivity index (χ1n) is 5.86. The van der Waals surface area contributed by atoms with Crippen molar-refractivity contribution in [2.75, 3.05) is 6.61 Å². The topological polar surface area (TPSA) is 90.7 Å². The van der Waals surface area contributed by atoms with Crippen molar-refractivity contribution < 1.29 is 19.8 Å². The Kier molecular flexibility index (Phi) is 4.28. The van der Waals surface area contributed by atoms with E-state index in [0.29, 0.717) is 25.1 Å². The highest BCUT2D eigenvalue weighted by Gasteiger charge is 2.30. The van der Waals surface area contributed by atoms with Gasteiger partial charge in [0.25, 0.3) is 0 Å². The zero-order valence-electron chi connectivity index (χ0n) is 10.2. The normalized spacial score (nSPS) is 19.5. The fourth-order valence-electron chi connectivity index (χ4n) is 1.98. The molecule has 0 spiro atoms. The third kappa shape index (κ3) is 3.39. The Hall–Kier alpha value is -1.73. The lowest BCUT2D eigenvalue weighted by Crippen LogP contribution is -2.34. The molecule has 1 amide bonds. The Morgan fingerprint density at radius 1 is 1.63 bits per heavy atom. The summed E-state index contributed by atoms with van der Waals surface area (Å²) in [6.07, 6.45) is 3.57. The van der Waals surface area contributed by atoms with Crippen LogP contribution in [0.2, 0.25) is 0 Å². The van der Waals surface area contributed by atoms with Crippen molar-refractivity contribution in [3.8, 4) is 0 Å². The molecular formula is C12H14N2O4S. The standard InChI is InChI=1S/C12H14N2O4S/c15-6-9-2-3-11(16)14(9)5-10-13-8(7-19-10)1-4-12(17)18/h1,4,7,9,15H,2-3,5-6H2,(H,17,18)/b4-1+/t9-/m1/s1. The number of carbonyl (C=O) groups excluding carboxylic acids is 1. The molecule has 1 aliphatic heterocycles. The molecule has 2 heterocycles. The molecule has 6 nitrogen and oxygen atoms in total. The molecule has 1 saturated heterocycles. The van der Waals surface area contributed by atoms with Crippen molar-refractivity contribution >= 4 is 29.3 Å². The summed E-state index contributed by atoms with van der Waals surface area (Å²) in [4.78, 5) is 27.9. The number of carboxylic acids is 1. The number of hydrogen-bond donors (Lipinski definition) is 2. The van der Waals surface area contributed by atoms with E-state index in [0.717, 1.165) is 11.1 Å². The van der Waals surface area contributed by atoms with Gasteiger partial charge in [-0.25, -0.2) is 9.78 Å². The minimum Gasteiger partial charge on any atom is -0.478 e. The van der Waals surface area contributed by atoms with Crippen LogP contribution in [-0.4, -0.2) is 44.6 Å². The largest absolute Gasteiger partial charge is 0.478 e. The second-order valence-electron chi connectivity index (χ2n) is 4.23. The minimum absolute atomic E-state index is 0.0249. The molecule has 1 aromatic rings. The Bertz CT molecular complexity index is 512. The highest BCUT2D eigenvalue weighted by Crippen LogP contribution is 2.22. The molecule has 1 aromatic heterocycles. The summed E-state index contributed by atoms with van der Waals surface area (Å²) in [5.74, 6) is -0.999. The van der Waals surface area contributed by atoms with Crippen molar-refractivity contribution in [3.63, 3.8) is 0 Å². The number of hydrogen-bond acceptors (Lipinski definition) is 5. The van der Waals surface area contributed by atoms with Crippen LogP contribution in [0, 0.1) is 0 Å². The van der Waals surface area contributed by atoms with Crippen molar-refractivity contribution in [1.29, 1.82) is 0 Å². The molecule has 1 aliphatic rings. The van der Waals surface area contributed by atoms with E-state index in [-0.39, 0.29) is 18.6 Å². The van der Waals surface area contributed by atoms with E-state index < -0.39 is 5.97 Å². The van der Waals surface area contributed by atoms with E-state index in [2.05, 4.69) is 4.98 Å². The van der Waals surface area contributed by atoms with Gasteiger partial charge in [-0.2, -0.15) is 0 Å². The average molecular weight is 282 g/mol. The van der Waals surface area contributed by atoms with Gasteiger partial charge in [0.2, 0.25) is 5.91 Å². The highest BCUT2D eigenvalue weighted by atomic mass is 32.1. The molecule has 7 heteroatoms. The summed E-state index contributed by atoms with van der Waals surface area (Å²) >= 11 is 1.37. The maximum absolute atomic E-state index is 11.7. The Balaban J connectivity index is 2.03. The van der Waals surface area contributed by atoms with Crippen LogP contribution in [0.25, 0.3) is 6.08 Å². The third-order valence-electron chi connectivity index (χ3n) is 2.94. The van der Waals surface area contributed by atoms with Crippen LogP contribution in [0.3, 0.4) is 0 Å². The number of aliphatic hydroxyl groups is 1. The van der Waals surface area contributed by atoms with E-state index in [1.165, 1.54) is 17.4 Å². The van der Waals surface area contributed by atoms with Gasteiger partial charge in [-0.3, -0.25) is 4.79 Å². The highest BCUT2D eigenvalue weighted by molar-refractivity contribution is 7.09. The van der Waals surface area contributed by atoms with Gasteiger partial charge < -0.3 is 15.1 Å². The number of carboxylic acid groups (broad SMARTS) is 1. The first kappa shape index (κ1) is 13.7. The van der Waals surface area contributed by atoms with E-state index in [4.69, 9.17) is 5.11 Å². The van der Waals surface area contributed by atoms with Crippen molar-refractivity contribution in [2.24, 2.45) is 0 Å². The molecule has 19 heavy (non-hydrogen) atoms. The molecular weight excluding hydrogens is 268 g/mol. The van der Waals surface area contributed by atoms with Crippen LogP contribution in [0.15, 0.2) is 11.5 Å². The number of rotatable bonds is 5. The molecule has 0 saturated carbocycles. The fourth-order valence-corrected chi connectivity index (χ4v) is 2.74. The van der Waals surface area contributed by atoms with Gasteiger partial charge >= 0.3 is 5.97 Å². The van der Waals surface area contributed by atoms with E-state index >= 15 is 0 Å². The monoisotopic (exact) mass is 282 g/mol. The smallest absolute Gasteiger partial charge is 0.328 e. The lowest BCUT2D eigenvalue weighted by molar-refractivity contribution is -0.131. The number of likely N-dealkylation sites (tertiary alicyclic amines) is 1. The summed E-state index contributed by atoms with van der Waals surface area (Å²) in [5.41, 5.74) is 0.564. The van der Waals surface area contributed by atoms with Gasteiger partial charge in [-0.1, -0.05) is 0 Å². The second kappa shape index (κ2) is 5.94. The number of nitrogens with zero attached hydrogens (tertiary/aromatic N) is 2. The lowest BCUT2D eigenvalue weighted by Gasteiger charge is -2.21. The molecule has 0 aromatic carbocycles. The first-order valence-corrected chi connectivity index (χ1v) is 6.74. The summed E-state index contributed by atoms with van der Waals surface area (Å²) in [5, 5.41) is 20.2. The first-order chi connectivity index (χ1) is 9.10. The molecule has 102 valence electrons. The van der Waals surface area contributed by atoms with Crippen LogP contribution >= 0.6 is 11.3 Å². The van der Waals surface area contributed by atoms with E-state index in [1.807, 2.05) is 0 Å².